The van der Waals surface area contributed by atoms with Crippen molar-refractivity contribution >= 4 is 17.9 Å². The van der Waals surface area contributed by atoms with E-state index in [1.54, 1.807) is 0 Å². The summed E-state index contributed by atoms with van der Waals surface area (Å²) in [7, 11) is 0. The molecule has 1 aliphatic heterocycles. The molecular formula is C12H21N3O5. The van der Waals surface area contributed by atoms with Crippen molar-refractivity contribution in [1.29, 1.82) is 0 Å². The van der Waals surface area contributed by atoms with Crippen molar-refractivity contribution in [2.45, 2.75) is 31.7 Å². The molecule has 0 aromatic carbocycles. The number of urea groups is 1. The van der Waals surface area contributed by atoms with Crippen LogP contribution in [0.2, 0.25) is 0 Å². The van der Waals surface area contributed by atoms with Crippen LogP contribution in [0, 0.1) is 0 Å². The third-order valence-corrected chi connectivity index (χ3v) is 3.02. The lowest BCUT2D eigenvalue weighted by molar-refractivity contribution is -0.139. The van der Waals surface area contributed by atoms with Crippen molar-refractivity contribution in [3.05, 3.63) is 0 Å². The summed E-state index contributed by atoms with van der Waals surface area (Å²) in [5.41, 5.74) is 5.01. The van der Waals surface area contributed by atoms with E-state index in [2.05, 4.69) is 5.32 Å². The van der Waals surface area contributed by atoms with E-state index in [1.807, 2.05) is 0 Å². The lowest BCUT2D eigenvalue weighted by Crippen LogP contribution is -2.53. The highest BCUT2D eigenvalue weighted by Crippen LogP contribution is 2.10. The number of ether oxygens (including phenoxy) is 1. The van der Waals surface area contributed by atoms with E-state index < -0.39 is 12.0 Å². The van der Waals surface area contributed by atoms with Gasteiger partial charge in [-0.3, -0.25) is 9.59 Å². The molecule has 1 aliphatic rings. The molecule has 0 aromatic heterocycles. The van der Waals surface area contributed by atoms with E-state index in [1.165, 1.54) is 4.90 Å². The van der Waals surface area contributed by atoms with Crippen LogP contribution in [-0.4, -0.2) is 60.3 Å². The molecular weight excluding hydrogens is 266 g/mol. The van der Waals surface area contributed by atoms with E-state index in [-0.39, 0.29) is 25.0 Å². The Labute approximate surface area is 117 Å². The summed E-state index contributed by atoms with van der Waals surface area (Å²) in [5.74, 6) is -1.31. The number of nitrogens with one attached hydrogen (secondary N) is 1. The first kappa shape index (κ1) is 16.2. The molecule has 8 heteroatoms. The topological polar surface area (TPSA) is 122 Å². The van der Waals surface area contributed by atoms with Crippen LogP contribution < -0.4 is 11.1 Å². The Hall–Kier alpha value is -1.83. The molecule has 0 radical (unpaired) electrons. The van der Waals surface area contributed by atoms with Gasteiger partial charge in [-0.1, -0.05) is 0 Å². The molecule has 114 valence electrons. The minimum atomic E-state index is -0.959. The van der Waals surface area contributed by atoms with Gasteiger partial charge >= 0.3 is 12.0 Å². The number of nitrogens with two attached hydrogens (primary N) is 1. The molecule has 0 bridgehead atoms. The largest absolute Gasteiger partial charge is 0.481 e. The highest BCUT2D eigenvalue weighted by atomic mass is 16.5. The normalized spacial score (nSPS) is 18.6. The molecule has 0 saturated carbocycles. The fourth-order valence-corrected chi connectivity index (χ4v) is 2.01. The zero-order valence-corrected chi connectivity index (χ0v) is 11.3. The van der Waals surface area contributed by atoms with E-state index in [0.29, 0.717) is 39.0 Å². The number of aliphatic carboxylic acids is 1. The number of carbonyl (C=O) groups is 3. The Kier molecular flexibility index (Phi) is 6.78. The second-order valence-corrected chi connectivity index (χ2v) is 4.68. The summed E-state index contributed by atoms with van der Waals surface area (Å²) in [6.07, 6.45) is 1.45. The third kappa shape index (κ3) is 5.87. The molecule has 4 N–H and O–H groups in total. The summed E-state index contributed by atoms with van der Waals surface area (Å²) in [4.78, 5) is 34.7. The number of hydrogen-bond acceptors (Lipinski definition) is 4. The fraction of sp³-hybridized carbons (Fsp3) is 0.750. The van der Waals surface area contributed by atoms with Crippen LogP contribution in [0.15, 0.2) is 0 Å². The molecule has 0 aromatic rings. The zero-order chi connectivity index (χ0) is 15.0. The number of carbonyl (C=O) groups excluding carboxylic acids is 2. The quantitative estimate of drug-likeness (QED) is 0.546. The van der Waals surface area contributed by atoms with Crippen LogP contribution in [0.1, 0.15) is 25.7 Å². The maximum absolute atomic E-state index is 12.0. The van der Waals surface area contributed by atoms with E-state index >= 15 is 0 Å². The van der Waals surface area contributed by atoms with Gasteiger partial charge in [0.25, 0.3) is 0 Å². The van der Waals surface area contributed by atoms with Crippen molar-refractivity contribution in [2.24, 2.45) is 5.73 Å². The van der Waals surface area contributed by atoms with Gasteiger partial charge in [-0.25, -0.2) is 4.79 Å². The van der Waals surface area contributed by atoms with Crippen molar-refractivity contribution in [3.8, 4) is 0 Å². The molecule has 3 amide bonds. The van der Waals surface area contributed by atoms with Gasteiger partial charge in [0.15, 0.2) is 0 Å². The summed E-state index contributed by atoms with van der Waals surface area (Å²) in [6, 6.07) is -0.731. The first-order valence-electron chi connectivity index (χ1n) is 6.63. The van der Waals surface area contributed by atoms with Gasteiger partial charge < -0.3 is 25.8 Å². The lowest BCUT2D eigenvalue weighted by Gasteiger charge is -2.34. The highest BCUT2D eigenvalue weighted by molar-refractivity contribution is 5.76. The first-order chi connectivity index (χ1) is 9.50. The Morgan fingerprint density at radius 1 is 1.35 bits per heavy atom. The highest BCUT2D eigenvalue weighted by Gasteiger charge is 2.28. The Morgan fingerprint density at radius 2 is 2.10 bits per heavy atom. The van der Waals surface area contributed by atoms with Crippen LogP contribution >= 0.6 is 0 Å². The number of primary amides is 1. The fourth-order valence-electron chi connectivity index (χ4n) is 2.01. The molecule has 1 atom stereocenters. The van der Waals surface area contributed by atoms with Crippen LogP contribution in [0.5, 0.6) is 0 Å². The summed E-state index contributed by atoms with van der Waals surface area (Å²) in [6.45, 7) is 1.46. The van der Waals surface area contributed by atoms with Crippen LogP contribution in [-0.2, 0) is 14.3 Å². The van der Waals surface area contributed by atoms with Gasteiger partial charge in [0.05, 0.1) is 25.7 Å². The number of rotatable bonds is 7. The van der Waals surface area contributed by atoms with Gasteiger partial charge in [-0.05, 0) is 12.8 Å². The average molecular weight is 287 g/mol. The average Bonchev–Trinajstić information content (AvgIpc) is 2.37. The van der Waals surface area contributed by atoms with Crippen molar-refractivity contribution < 1.29 is 24.2 Å². The van der Waals surface area contributed by atoms with Crippen molar-refractivity contribution in [3.63, 3.8) is 0 Å². The Balaban J connectivity index is 2.31. The SMILES string of the molecule is NC(=O)CCCCNC(=O)N1CCOCC1CC(=O)O. The summed E-state index contributed by atoms with van der Waals surface area (Å²) >= 11 is 0. The third-order valence-electron chi connectivity index (χ3n) is 3.02. The van der Waals surface area contributed by atoms with E-state index in [9.17, 15) is 14.4 Å². The molecule has 1 heterocycles. The number of unbranched alkanes of at least 4 members (excludes halogenated alkanes) is 1. The predicted octanol–water partition coefficient (Wildman–Crippen LogP) is -0.473. The minimum absolute atomic E-state index is 0.130. The molecule has 20 heavy (non-hydrogen) atoms. The number of morpholine rings is 1. The zero-order valence-electron chi connectivity index (χ0n) is 11.3. The Morgan fingerprint density at radius 3 is 2.75 bits per heavy atom. The minimum Gasteiger partial charge on any atom is -0.481 e. The second-order valence-electron chi connectivity index (χ2n) is 4.68. The number of hydrogen-bond donors (Lipinski definition) is 3. The van der Waals surface area contributed by atoms with Crippen LogP contribution in [0.25, 0.3) is 0 Å². The molecule has 0 spiro atoms. The molecule has 1 unspecified atom stereocenters. The number of carboxylic acid groups (broad SMARTS) is 1. The monoisotopic (exact) mass is 287 g/mol. The maximum atomic E-state index is 12.0. The van der Waals surface area contributed by atoms with Gasteiger partial charge in [0.1, 0.15) is 0 Å². The van der Waals surface area contributed by atoms with Gasteiger partial charge in [0, 0.05) is 19.5 Å². The summed E-state index contributed by atoms with van der Waals surface area (Å²) in [5, 5.41) is 11.5. The van der Waals surface area contributed by atoms with E-state index in [0.717, 1.165) is 0 Å². The summed E-state index contributed by atoms with van der Waals surface area (Å²) < 4.78 is 5.20. The standard InChI is InChI=1S/C12H21N3O5/c13-10(16)3-1-2-4-14-12(19)15-5-6-20-8-9(15)7-11(17)18/h9H,1-8H2,(H2,13,16)(H,14,19)(H,17,18). The maximum Gasteiger partial charge on any atom is 0.317 e. The lowest BCUT2D eigenvalue weighted by atomic mass is 10.1. The van der Waals surface area contributed by atoms with Crippen molar-refractivity contribution in [1.82, 2.24) is 10.2 Å². The van der Waals surface area contributed by atoms with Crippen molar-refractivity contribution in [2.75, 3.05) is 26.3 Å². The second kappa shape index (κ2) is 8.36. The van der Waals surface area contributed by atoms with Crippen LogP contribution in [0.4, 0.5) is 4.79 Å². The molecule has 1 saturated heterocycles. The van der Waals surface area contributed by atoms with E-state index in [4.69, 9.17) is 15.6 Å². The van der Waals surface area contributed by atoms with Gasteiger partial charge in [-0.2, -0.15) is 0 Å². The Bertz CT molecular complexity index is 361. The molecule has 1 rings (SSSR count). The molecule has 0 aliphatic carbocycles. The number of amides is 3. The number of nitrogens with zero attached hydrogens (tertiary/aromatic N) is 1. The van der Waals surface area contributed by atoms with Gasteiger partial charge in [-0.15, -0.1) is 0 Å². The van der Waals surface area contributed by atoms with Crippen LogP contribution in [0.3, 0.4) is 0 Å². The predicted molar refractivity (Wildman–Crippen MR) is 70.0 cm³/mol. The number of carboxylic acids is 1. The molecule has 1 fully saturated rings. The molecule has 8 nitrogen and oxygen atoms in total. The smallest absolute Gasteiger partial charge is 0.317 e. The first-order valence-corrected chi connectivity index (χ1v) is 6.63. The van der Waals surface area contributed by atoms with Gasteiger partial charge in [0.2, 0.25) is 5.91 Å².